The number of ether oxygens (including phenoxy) is 1. The number of methoxy groups -OCH3 is 1. The molecule has 0 amide bonds. The zero-order valence-electron chi connectivity index (χ0n) is 10.9. The first-order valence-electron chi connectivity index (χ1n) is 6.03. The number of phenolic OH excluding ortho intramolecular Hbond substituents is 1. The highest BCUT2D eigenvalue weighted by molar-refractivity contribution is 5.80. The Labute approximate surface area is 116 Å². The number of hydrogen-bond donors (Lipinski definition) is 3. The van der Waals surface area contributed by atoms with Crippen molar-refractivity contribution in [1.29, 1.82) is 0 Å². The molecule has 1 atom stereocenters. The van der Waals surface area contributed by atoms with Crippen molar-refractivity contribution in [3.8, 4) is 11.5 Å². The van der Waals surface area contributed by atoms with Crippen LogP contribution in [0.3, 0.4) is 0 Å². The van der Waals surface area contributed by atoms with E-state index in [-0.39, 0.29) is 5.75 Å². The first kappa shape index (κ1) is 13.7. The molecule has 0 saturated carbocycles. The third-order valence-electron chi connectivity index (χ3n) is 2.88. The molecular weight excluding hydrogens is 258 g/mol. The SMILES string of the molecule is COc1ccccc1NC(C(=O)O)c1ccc(O)cc1. The molecule has 5 heteroatoms. The highest BCUT2D eigenvalue weighted by Crippen LogP contribution is 2.28. The number of aliphatic carboxylic acids is 1. The molecule has 0 saturated heterocycles. The summed E-state index contributed by atoms with van der Waals surface area (Å²) >= 11 is 0. The van der Waals surface area contributed by atoms with Crippen molar-refractivity contribution >= 4 is 11.7 Å². The number of carboxylic acids is 1. The van der Waals surface area contributed by atoms with E-state index in [0.717, 1.165) is 0 Å². The van der Waals surface area contributed by atoms with Gasteiger partial charge < -0.3 is 20.3 Å². The van der Waals surface area contributed by atoms with Gasteiger partial charge in [0.05, 0.1) is 12.8 Å². The normalized spacial score (nSPS) is 11.7. The number of carboxylic acid groups (broad SMARTS) is 1. The molecule has 2 rings (SSSR count). The third-order valence-corrected chi connectivity index (χ3v) is 2.88. The van der Waals surface area contributed by atoms with Crippen LogP contribution in [0.2, 0.25) is 0 Å². The molecule has 1 unspecified atom stereocenters. The van der Waals surface area contributed by atoms with Gasteiger partial charge in [-0.2, -0.15) is 0 Å². The van der Waals surface area contributed by atoms with Crippen molar-refractivity contribution in [2.24, 2.45) is 0 Å². The first-order valence-corrected chi connectivity index (χ1v) is 6.03. The lowest BCUT2D eigenvalue weighted by Crippen LogP contribution is -2.20. The quantitative estimate of drug-likeness (QED) is 0.780. The van der Waals surface area contributed by atoms with Gasteiger partial charge >= 0.3 is 5.97 Å². The summed E-state index contributed by atoms with van der Waals surface area (Å²) in [5.41, 5.74) is 1.14. The van der Waals surface area contributed by atoms with E-state index in [9.17, 15) is 15.0 Å². The summed E-state index contributed by atoms with van der Waals surface area (Å²) in [6, 6.07) is 12.2. The van der Waals surface area contributed by atoms with Crippen LogP contribution in [0.15, 0.2) is 48.5 Å². The van der Waals surface area contributed by atoms with Gasteiger partial charge in [0.15, 0.2) is 6.04 Å². The number of phenols is 1. The zero-order valence-corrected chi connectivity index (χ0v) is 10.9. The number of carbonyl (C=O) groups is 1. The maximum absolute atomic E-state index is 11.4. The van der Waals surface area contributed by atoms with E-state index in [1.54, 1.807) is 36.4 Å². The average Bonchev–Trinajstić information content (AvgIpc) is 2.46. The Morgan fingerprint density at radius 1 is 1.15 bits per heavy atom. The van der Waals surface area contributed by atoms with Crippen LogP contribution in [-0.4, -0.2) is 23.3 Å². The topological polar surface area (TPSA) is 78.8 Å². The fourth-order valence-corrected chi connectivity index (χ4v) is 1.87. The van der Waals surface area contributed by atoms with E-state index in [2.05, 4.69) is 5.32 Å². The fraction of sp³-hybridized carbons (Fsp3) is 0.133. The van der Waals surface area contributed by atoms with Crippen molar-refractivity contribution in [2.75, 3.05) is 12.4 Å². The molecule has 0 radical (unpaired) electrons. The van der Waals surface area contributed by atoms with Gasteiger partial charge in [-0.15, -0.1) is 0 Å². The minimum Gasteiger partial charge on any atom is -0.508 e. The van der Waals surface area contributed by atoms with Gasteiger partial charge in [-0.3, -0.25) is 0 Å². The molecule has 20 heavy (non-hydrogen) atoms. The van der Waals surface area contributed by atoms with E-state index < -0.39 is 12.0 Å². The van der Waals surface area contributed by atoms with Crippen LogP contribution in [0.1, 0.15) is 11.6 Å². The summed E-state index contributed by atoms with van der Waals surface area (Å²) in [6.07, 6.45) is 0. The number of rotatable bonds is 5. The van der Waals surface area contributed by atoms with Crippen molar-refractivity contribution in [1.82, 2.24) is 0 Å². The molecule has 3 N–H and O–H groups in total. The van der Waals surface area contributed by atoms with Crippen molar-refractivity contribution in [2.45, 2.75) is 6.04 Å². The van der Waals surface area contributed by atoms with Crippen LogP contribution in [-0.2, 0) is 4.79 Å². The molecule has 0 aliphatic carbocycles. The van der Waals surface area contributed by atoms with Crippen LogP contribution in [0, 0.1) is 0 Å². The van der Waals surface area contributed by atoms with Gasteiger partial charge in [0.2, 0.25) is 0 Å². The smallest absolute Gasteiger partial charge is 0.330 e. The lowest BCUT2D eigenvalue weighted by molar-refractivity contribution is -0.138. The minimum atomic E-state index is -1.01. The summed E-state index contributed by atoms with van der Waals surface area (Å²) in [5.74, 6) is -0.352. The van der Waals surface area contributed by atoms with E-state index >= 15 is 0 Å². The molecule has 0 fully saturated rings. The van der Waals surface area contributed by atoms with Crippen LogP contribution < -0.4 is 10.1 Å². The minimum absolute atomic E-state index is 0.0928. The van der Waals surface area contributed by atoms with Crippen LogP contribution in [0.4, 0.5) is 5.69 Å². The summed E-state index contributed by atoms with van der Waals surface area (Å²) in [6.45, 7) is 0. The van der Waals surface area contributed by atoms with Gasteiger partial charge in [0.25, 0.3) is 0 Å². The number of para-hydroxylation sites is 2. The van der Waals surface area contributed by atoms with Gasteiger partial charge in [0.1, 0.15) is 11.5 Å². The molecule has 2 aromatic rings. The second-order valence-corrected chi connectivity index (χ2v) is 4.21. The summed E-state index contributed by atoms with van der Waals surface area (Å²) < 4.78 is 5.19. The number of hydrogen-bond acceptors (Lipinski definition) is 4. The number of aromatic hydroxyl groups is 1. The Morgan fingerprint density at radius 2 is 1.80 bits per heavy atom. The molecule has 0 aromatic heterocycles. The Bertz CT molecular complexity index is 595. The standard InChI is InChI=1S/C15H15NO4/c1-20-13-5-3-2-4-12(13)16-14(15(18)19)10-6-8-11(17)9-7-10/h2-9,14,16-17H,1H3,(H,18,19). The lowest BCUT2D eigenvalue weighted by atomic mass is 10.1. The van der Waals surface area contributed by atoms with E-state index in [1.807, 2.05) is 0 Å². The highest BCUT2D eigenvalue weighted by Gasteiger charge is 2.20. The molecule has 0 spiro atoms. The monoisotopic (exact) mass is 273 g/mol. The summed E-state index contributed by atoms with van der Waals surface area (Å²) in [4.78, 5) is 11.4. The van der Waals surface area contributed by atoms with Crippen LogP contribution >= 0.6 is 0 Å². The van der Waals surface area contributed by atoms with Crippen molar-refractivity contribution in [3.05, 3.63) is 54.1 Å². The first-order chi connectivity index (χ1) is 9.61. The van der Waals surface area contributed by atoms with Crippen LogP contribution in [0.25, 0.3) is 0 Å². The molecular formula is C15H15NO4. The second kappa shape index (κ2) is 5.97. The van der Waals surface area contributed by atoms with E-state index in [0.29, 0.717) is 17.0 Å². The Balaban J connectivity index is 2.30. The van der Waals surface area contributed by atoms with Crippen molar-refractivity contribution < 1.29 is 19.7 Å². The Hall–Kier alpha value is -2.69. The van der Waals surface area contributed by atoms with Gasteiger partial charge in [0, 0.05) is 0 Å². The largest absolute Gasteiger partial charge is 0.508 e. The van der Waals surface area contributed by atoms with Gasteiger partial charge in [-0.05, 0) is 29.8 Å². The zero-order chi connectivity index (χ0) is 14.5. The maximum Gasteiger partial charge on any atom is 0.330 e. The second-order valence-electron chi connectivity index (χ2n) is 4.21. The Morgan fingerprint density at radius 3 is 2.40 bits per heavy atom. The summed E-state index contributed by atoms with van der Waals surface area (Å²) in [7, 11) is 1.52. The molecule has 5 nitrogen and oxygen atoms in total. The molecule has 2 aromatic carbocycles. The molecule has 0 bridgehead atoms. The number of anilines is 1. The maximum atomic E-state index is 11.4. The van der Waals surface area contributed by atoms with Crippen molar-refractivity contribution in [3.63, 3.8) is 0 Å². The fourth-order valence-electron chi connectivity index (χ4n) is 1.87. The van der Waals surface area contributed by atoms with Crippen LogP contribution in [0.5, 0.6) is 11.5 Å². The predicted molar refractivity (Wildman–Crippen MR) is 75.1 cm³/mol. The summed E-state index contributed by atoms with van der Waals surface area (Å²) in [5, 5.41) is 21.5. The Kier molecular flexibility index (Phi) is 4.10. The van der Waals surface area contributed by atoms with Gasteiger partial charge in [-0.25, -0.2) is 4.79 Å². The molecule has 0 aliphatic rings. The molecule has 0 heterocycles. The van der Waals surface area contributed by atoms with E-state index in [1.165, 1.54) is 19.2 Å². The van der Waals surface area contributed by atoms with E-state index in [4.69, 9.17) is 4.74 Å². The molecule has 0 aliphatic heterocycles. The lowest BCUT2D eigenvalue weighted by Gasteiger charge is -2.18. The highest BCUT2D eigenvalue weighted by atomic mass is 16.5. The number of benzene rings is 2. The third kappa shape index (κ3) is 3.00. The average molecular weight is 273 g/mol. The number of nitrogens with one attached hydrogen (secondary N) is 1. The molecule has 104 valence electrons. The predicted octanol–water partition coefficient (Wildman–Crippen LogP) is 2.64. The van der Waals surface area contributed by atoms with Gasteiger partial charge in [-0.1, -0.05) is 24.3 Å².